The molecule has 0 unspecified atom stereocenters. The quantitative estimate of drug-likeness (QED) is 0.797. The van der Waals surface area contributed by atoms with Crippen LogP contribution in [0.15, 0.2) is 18.2 Å². The van der Waals surface area contributed by atoms with E-state index in [-0.39, 0.29) is 12.5 Å². The Morgan fingerprint density at radius 3 is 2.55 bits per heavy atom. The Labute approximate surface area is 133 Å². The lowest BCUT2D eigenvalue weighted by atomic mass is 10.1. The summed E-state index contributed by atoms with van der Waals surface area (Å²) in [5.74, 6) is -0.0312. The Hall–Kier alpha value is -1.56. The maximum absolute atomic E-state index is 12.1. The lowest BCUT2D eigenvalue weighted by Crippen LogP contribution is -2.38. The highest BCUT2D eigenvalue weighted by atomic mass is 32.2. The molecule has 0 saturated carbocycles. The van der Waals surface area contributed by atoms with Crippen molar-refractivity contribution in [3.05, 3.63) is 29.3 Å². The Kier molecular flexibility index (Phi) is 6.87. The number of rotatable bonds is 8. The van der Waals surface area contributed by atoms with E-state index >= 15 is 0 Å². The molecule has 0 heterocycles. The number of hydrogen-bond acceptors (Lipinski definition) is 3. The molecule has 1 amide bonds. The second-order valence-corrected chi connectivity index (χ2v) is 7.41. The van der Waals surface area contributed by atoms with Gasteiger partial charge in [-0.3, -0.25) is 9.10 Å². The first-order valence-electron chi connectivity index (χ1n) is 7.58. The molecule has 0 aliphatic carbocycles. The standard InChI is InChI=1S/C16H26N2O3S/c1-5-6-10-16(19)17-11-12-18(22(4,20)21)15-9-7-8-13(2)14(15)3/h7-9H,5-6,10-12H2,1-4H3,(H,17,19). The molecule has 1 aromatic rings. The molecule has 0 aliphatic rings. The molecule has 1 rings (SSSR count). The number of aryl methyl sites for hydroxylation is 1. The predicted molar refractivity (Wildman–Crippen MR) is 90.6 cm³/mol. The van der Waals surface area contributed by atoms with Crippen molar-refractivity contribution in [1.82, 2.24) is 5.32 Å². The largest absolute Gasteiger partial charge is 0.354 e. The lowest BCUT2D eigenvalue weighted by Gasteiger charge is -2.25. The third-order valence-electron chi connectivity index (χ3n) is 3.64. The summed E-state index contributed by atoms with van der Waals surface area (Å²) in [6.45, 7) is 6.43. The van der Waals surface area contributed by atoms with Gasteiger partial charge in [-0.2, -0.15) is 0 Å². The minimum absolute atomic E-state index is 0.0312. The fourth-order valence-electron chi connectivity index (χ4n) is 2.19. The fraction of sp³-hybridized carbons (Fsp3) is 0.562. The molecule has 0 radical (unpaired) electrons. The van der Waals surface area contributed by atoms with Gasteiger partial charge in [-0.25, -0.2) is 8.42 Å². The zero-order chi connectivity index (χ0) is 16.8. The van der Waals surface area contributed by atoms with Gasteiger partial charge in [-0.1, -0.05) is 25.5 Å². The van der Waals surface area contributed by atoms with Gasteiger partial charge >= 0.3 is 0 Å². The summed E-state index contributed by atoms with van der Waals surface area (Å²) >= 11 is 0. The number of amides is 1. The Morgan fingerprint density at radius 2 is 1.95 bits per heavy atom. The van der Waals surface area contributed by atoms with Gasteiger partial charge in [-0.15, -0.1) is 0 Å². The van der Waals surface area contributed by atoms with Gasteiger partial charge in [0.05, 0.1) is 18.5 Å². The molecule has 0 atom stereocenters. The Balaban J connectivity index is 2.80. The van der Waals surface area contributed by atoms with Crippen LogP contribution in [0.5, 0.6) is 0 Å². The van der Waals surface area contributed by atoms with E-state index in [1.807, 2.05) is 32.9 Å². The van der Waals surface area contributed by atoms with Crippen LogP contribution in [0.3, 0.4) is 0 Å². The van der Waals surface area contributed by atoms with Crippen LogP contribution in [0.1, 0.15) is 37.3 Å². The van der Waals surface area contributed by atoms with Gasteiger partial charge in [0.1, 0.15) is 0 Å². The van der Waals surface area contributed by atoms with Crippen LogP contribution >= 0.6 is 0 Å². The van der Waals surface area contributed by atoms with Crippen molar-refractivity contribution in [2.75, 3.05) is 23.7 Å². The molecule has 0 spiro atoms. The summed E-state index contributed by atoms with van der Waals surface area (Å²) < 4.78 is 25.5. The number of unbranched alkanes of at least 4 members (excludes halogenated alkanes) is 1. The van der Waals surface area contributed by atoms with E-state index in [9.17, 15) is 13.2 Å². The highest BCUT2D eigenvalue weighted by Gasteiger charge is 2.19. The third-order valence-corrected chi connectivity index (χ3v) is 4.82. The lowest BCUT2D eigenvalue weighted by molar-refractivity contribution is -0.121. The normalized spacial score (nSPS) is 11.3. The zero-order valence-corrected chi connectivity index (χ0v) is 14.7. The van der Waals surface area contributed by atoms with E-state index < -0.39 is 10.0 Å². The zero-order valence-electron chi connectivity index (χ0n) is 13.8. The van der Waals surface area contributed by atoms with Gasteiger partial charge in [0, 0.05) is 13.0 Å². The monoisotopic (exact) mass is 326 g/mol. The van der Waals surface area contributed by atoms with Crippen LogP contribution in [0.2, 0.25) is 0 Å². The molecule has 0 aliphatic heterocycles. The number of anilines is 1. The Morgan fingerprint density at radius 1 is 1.27 bits per heavy atom. The van der Waals surface area contributed by atoms with Crippen LogP contribution in [0.4, 0.5) is 5.69 Å². The van der Waals surface area contributed by atoms with E-state index in [1.165, 1.54) is 10.6 Å². The minimum atomic E-state index is -3.39. The first-order valence-corrected chi connectivity index (χ1v) is 9.42. The number of sulfonamides is 1. The average Bonchev–Trinajstić information content (AvgIpc) is 2.43. The third kappa shape index (κ3) is 5.33. The summed E-state index contributed by atoms with van der Waals surface area (Å²) in [7, 11) is -3.39. The van der Waals surface area contributed by atoms with Crippen LogP contribution in [0.25, 0.3) is 0 Å². The maximum Gasteiger partial charge on any atom is 0.232 e. The summed E-state index contributed by atoms with van der Waals surface area (Å²) in [6, 6.07) is 5.59. The molecule has 5 nitrogen and oxygen atoms in total. The predicted octanol–water partition coefficient (Wildman–Crippen LogP) is 2.38. The van der Waals surface area contributed by atoms with Gasteiger partial charge in [0.15, 0.2) is 0 Å². The average molecular weight is 326 g/mol. The SMILES string of the molecule is CCCCC(=O)NCCN(c1cccc(C)c1C)S(C)(=O)=O. The summed E-state index contributed by atoms with van der Waals surface area (Å²) in [4.78, 5) is 11.6. The van der Waals surface area contributed by atoms with Gasteiger partial charge in [0.25, 0.3) is 0 Å². The molecule has 0 fully saturated rings. The van der Waals surface area contributed by atoms with Gasteiger partial charge < -0.3 is 5.32 Å². The van der Waals surface area contributed by atoms with Crippen molar-refractivity contribution in [3.8, 4) is 0 Å². The molecular weight excluding hydrogens is 300 g/mol. The first kappa shape index (κ1) is 18.5. The molecule has 1 aromatic carbocycles. The fourth-order valence-corrected chi connectivity index (χ4v) is 3.17. The molecule has 0 saturated heterocycles. The van der Waals surface area contributed by atoms with Crippen LogP contribution in [-0.2, 0) is 14.8 Å². The van der Waals surface area contributed by atoms with Crippen LogP contribution < -0.4 is 9.62 Å². The highest BCUT2D eigenvalue weighted by Crippen LogP contribution is 2.24. The second kappa shape index (κ2) is 8.17. The molecule has 1 N–H and O–H groups in total. The summed E-state index contributed by atoms with van der Waals surface area (Å²) in [6.07, 6.45) is 3.48. The van der Waals surface area contributed by atoms with Crippen molar-refractivity contribution >= 4 is 21.6 Å². The summed E-state index contributed by atoms with van der Waals surface area (Å²) in [5.41, 5.74) is 2.65. The van der Waals surface area contributed by atoms with Crippen LogP contribution in [-0.4, -0.2) is 33.7 Å². The van der Waals surface area contributed by atoms with Crippen molar-refractivity contribution in [1.29, 1.82) is 0 Å². The van der Waals surface area contributed by atoms with Crippen LogP contribution in [0, 0.1) is 13.8 Å². The number of carbonyl (C=O) groups is 1. The summed E-state index contributed by atoms with van der Waals surface area (Å²) in [5, 5.41) is 2.78. The van der Waals surface area contributed by atoms with E-state index in [4.69, 9.17) is 0 Å². The topological polar surface area (TPSA) is 66.5 Å². The molecule has 6 heteroatoms. The molecule has 124 valence electrons. The number of nitrogens with zero attached hydrogens (tertiary/aromatic N) is 1. The molecule has 0 bridgehead atoms. The van der Waals surface area contributed by atoms with Crippen molar-refractivity contribution in [2.45, 2.75) is 40.0 Å². The Bertz CT molecular complexity index is 612. The van der Waals surface area contributed by atoms with E-state index in [0.29, 0.717) is 18.7 Å². The van der Waals surface area contributed by atoms with E-state index in [0.717, 1.165) is 24.0 Å². The number of carbonyl (C=O) groups excluding carboxylic acids is 1. The maximum atomic E-state index is 12.1. The molecule has 22 heavy (non-hydrogen) atoms. The first-order chi connectivity index (χ1) is 10.3. The van der Waals surface area contributed by atoms with Crippen molar-refractivity contribution < 1.29 is 13.2 Å². The number of nitrogens with one attached hydrogen (secondary N) is 1. The molecular formula is C16H26N2O3S. The second-order valence-electron chi connectivity index (χ2n) is 5.51. The van der Waals surface area contributed by atoms with E-state index in [2.05, 4.69) is 5.32 Å². The van der Waals surface area contributed by atoms with E-state index in [1.54, 1.807) is 6.07 Å². The van der Waals surface area contributed by atoms with Crippen molar-refractivity contribution in [3.63, 3.8) is 0 Å². The smallest absolute Gasteiger partial charge is 0.232 e. The minimum Gasteiger partial charge on any atom is -0.354 e. The van der Waals surface area contributed by atoms with Crippen molar-refractivity contribution in [2.24, 2.45) is 0 Å². The number of hydrogen-bond donors (Lipinski definition) is 1. The highest BCUT2D eigenvalue weighted by molar-refractivity contribution is 7.92. The van der Waals surface area contributed by atoms with Gasteiger partial charge in [0.2, 0.25) is 15.9 Å². The molecule has 0 aromatic heterocycles. The number of benzene rings is 1. The van der Waals surface area contributed by atoms with Gasteiger partial charge in [-0.05, 0) is 37.5 Å².